The third kappa shape index (κ3) is 6.45. The van der Waals surface area contributed by atoms with Crippen LogP contribution in [0.3, 0.4) is 0 Å². The first-order chi connectivity index (χ1) is 18.5. The van der Waals surface area contributed by atoms with Crippen molar-refractivity contribution in [3.8, 4) is 5.75 Å². The number of carbonyl (C=O) groups is 1. The highest BCUT2D eigenvalue weighted by Gasteiger charge is 2.52. The van der Waals surface area contributed by atoms with Crippen LogP contribution in [0.4, 0.5) is 0 Å². The second-order valence-corrected chi connectivity index (χ2v) is 10.1. The maximum Gasteiger partial charge on any atom is 0.266 e. The predicted octanol–water partition coefficient (Wildman–Crippen LogP) is 5.52. The number of aliphatic hydroxyl groups is 1. The van der Waals surface area contributed by atoms with Gasteiger partial charge in [-0.3, -0.25) is 10.2 Å². The number of aliphatic imine (C=N–C) groups is 1. The first-order valence-electron chi connectivity index (χ1n) is 12.2. The number of benzene rings is 3. The van der Waals surface area contributed by atoms with Gasteiger partial charge in [-0.15, -0.1) is 6.58 Å². The summed E-state index contributed by atoms with van der Waals surface area (Å²) < 4.78 is 12.9. The van der Waals surface area contributed by atoms with E-state index < -0.39 is 11.6 Å². The van der Waals surface area contributed by atoms with E-state index in [2.05, 4.69) is 33.4 Å². The summed E-state index contributed by atoms with van der Waals surface area (Å²) in [6.45, 7) is 4.72. The van der Waals surface area contributed by atoms with E-state index in [9.17, 15) is 4.79 Å². The lowest BCUT2D eigenvalue weighted by Gasteiger charge is -2.29. The maximum atomic E-state index is 13.8. The normalized spacial score (nSPS) is 18.4. The molecule has 1 heterocycles. The van der Waals surface area contributed by atoms with Crippen LogP contribution in [0.2, 0.25) is 5.02 Å². The van der Waals surface area contributed by atoms with Crippen molar-refractivity contribution in [1.29, 1.82) is 0 Å². The summed E-state index contributed by atoms with van der Waals surface area (Å²) in [7, 11) is 0. The van der Waals surface area contributed by atoms with E-state index in [1.54, 1.807) is 12.1 Å². The number of carbonyl (C=O) groups excluding carboxylic acids is 1. The van der Waals surface area contributed by atoms with Crippen molar-refractivity contribution in [2.45, 2.75) is 31.0 Å². The molecule has 2 atom stereocenters. The first-order valence-corrected chi connectivity index (χ1v) is 13.4. The Hall–Kier alpha value is -3.17. The van der Waals surface area contributed by atoms with Gasteiger partial charge in [-0.05, 0) is 53.6 Å². The van der Waals surface area contributed by atoms with Crippen molar-refractivity contribution in [3.63, 3.8) is 0 Å². The number of rotatable bonds is 12. The number of nitrogens with zero attached hydrogens (tertiary/aromatic N) is 1. The van der Waals surface area contributed by atoms with E-state index in [-0.39, 0.29) is 18.9 Å². The first kappa shape index (κ1) is 27.9. The highest BCUT2D eigenvalue weighted by atomic mass is 79.9. The zero-order valence-electron chi connectivity index (χ0n) is 20.7. The number of hydrogen-bond acceptors (Lipinski definition) is 6. The molecule has 0 radical (unpaired) electrons. The minimum absolute atomic E-state index is 0.0703. The molecule has 0 bridgehead atoms. The van der Waals surface area contributed by atoms with E-state index in [0.717, 1.165) is 15.6 Å². The molecule has 0 spiro atoms. The van der Waals surface area contributed by atoms with Gasteiger partial charge in [-0.2, -0.15) is 0 Å². The van der Waals surface area contributed by atoms with E-state index in [1.807, 2.05) is 66.7 Å². The summed E-state index contributed by atoms with van der Waals surface area (Å²) in [5, 5.41) is 9.57. The average Bonchev–Trinajstić information content (AvgIpc) is 3.31. The fraction of sp³-hybridized carbons (Fsp3) is 0.241. The number of nitrogens with one attached hydrogen (secondary N) is 2. The lowest BCUT2D eigenvalue weighted by Crippen LogP contribution is -2.52. The number of hydrazine groups is 1. The minimum Gasteiger partial charge on any atom is -0.494 e. The molecule has 0 aliphatic carbocycles. The van der Waals surface area contributed by atoms with E-state index in [4.69, 9.17) is 31.2 Å². The Balaban J connectivity index is 1.62. The number of amides is 1. The Morgan fingerprint density at radius 2 is 1.89 bits per heavy atom. The summed E-state index contributed by atoms with van der Waals surface area (Å²) >= 11 is 9.73. The van der Waals surface area contributed by atoms with Crippen molar-refractivity contribution in [2.24, 2.45) is 4.99 Å². The molecule has 198 valence electrons. The van der Waals surface area contributed by atoms with E-state index >= 15 is 0 Å². The third-order valence-electron chi connectivity index (χ3n) is 6.10. The summed E-state index contributed by atoms with van der Waals surface area (Å²) in [5.41, 5.74) is 6.87. The van der Waals surface area contributed by atoms with E-state index in [0.29, 0.717) is 41.8 Å². The van der Waals surface area contributed by atoms with Crippen LogP contribution in [0.25, 0.3) is 0 Å². The monoisotopic (exact) mass is 597 g/mol. The van der Waals surface area contributed by atoms with Crippen LogP contribution in [-0.2, 0) is 16.1 Å². The van der Waals surface area contributed by atoms with Gasteiger partial charge in [0, 0.05) is 41.1 Å². The van der Waals surface area contributed by atoms with Gasteiger partial charge in [-0.1, -0.05) is 63.9 Å². The fourth-order valence-electron chi connectivity index (χ4n) is 4.14. The van der Waals surface area contributed by atoms with Crippen molar-refractivity contribution in [1.82, 2.24) is 10.9 Å². The number of aliphatic hydroxyl groups excluding tert-OH is 1. The molecule has 0 fully saturated rings. The summed E-state index contributed by atoms with van der Waals surface area (Å²) in [6.07, 6.45) is 1.79. The molecule has 3 aromatic carbocycles. The Morgan fingerprint density at radius 3 is 2.58 bits per heavy atom. The second kappa shape index (κ2) is 13.1. The quantitative estimate of drug-likeness (QED) is 0.145. The standard InChI is InChI=1S/C29H29BrClN3O4/c1-2-16-29(28(36)34-32-19-22-6-3-4-7-25(22)31)26(20-8-12-23(30)13-9-20)38-27(33-29)21-10-14-24(15-11-21)37-18-5-17-35/h2-4,6-15,26,32,35H,1,5,16-19H2,(H,34,36)/t26-,29-/m0/s1. The molecular formula is C29H29BrClN3O4. The van der Waals surface area contributed by atoms with Crippen LogP contribution in [0, 0.1) is 0 Å². The zero-order chi connectivity index (χ0) is 27.0. The van der Waals surface area contributed by atoms with E-state index in [1.165, 1.54) is 0 Å². The van der Waals surface area contributed by atoms with Crippen molar-refractivity contribution in [3.05, 3.63) is 112 Å². The molecule has 4 rings (SSSR count). The van der Waals surface area contributed by atoms with Gasteiger partial charge in [0.2, 0.25) is 5.90 Å². The largest absolute Gasteiger partial charge is 0.494 e. The lowest BCUT2D eigenvalue weighted by molar-refractivity contribution is -0.129. The van der Waals surface area contributed by atoms with Gasteiger partial charge in [0.05, 0.1) is 6.61 Å². The summed E-state index contributed by atoms with van der Waals surface area (Å²) in [6, 6.07) is 22.4. The van der Waals surface area contributed by atoms with Gasteiger partial charge < -0.3 is 14.6 Å². The van der Waals surface area contributed by atoms with Crippen molar-refractivity contribution in [2.75, 3.05) is 13.2 Å². The molecule has 0 unspecified atom stereocenters. The van der Waals surface area contributed by atoms with Gasteiger partial charge in [0.25, 0.3) is 5.91 Å². The highest BCUT2D eigenvalue weighted by molar-refractivity contribution is 9.10. The van der Waals surface area contributed by atoms with Gasteiger partial charge in [0.1, 0.15) is 5.75 Å². The molecule has 3 N–H and O–H groups in total. The number of ether oxygens (including phenoxy) is 2. The Kier molecular flexibility index (Phi) is 9.58. The average molecular weight is 599 g/mol. The van der Waals surface area contributed by atoms with Gasteiger partial charge in [0.15, 0.2) is 11.6 Å². The molecule has 0 saturated heterocycles. The zero-order valence-corrected chi connectivity index (χ0v) is 23.0. The fourth-order valence-corrected chi connectivity index (χ4v) is 4.61. The van der Waals surface area contributed by atoms with Crippen LogP contribution in [0.15, 0.2) is 94.9 Å². The van der Waals surface area contributed by atoms with Crippen LogP contribution >= 0.6 is 27.5 Å². The van der Waals surface area contributed by atoms with Crippen LogP contribution < -0.4 is 15.6 Å². The maximum absolute atomic E-state index is 13.8. The molecule has 3 aromatic rings. The van der Waals surface area contributed by atoms with Crippen molar-refractivity contribution < 1.29 is 19.4 Å². The molecule has 9 heteroatoms. The summed E-state index contributed by atoms with van der Waals surface area (Å²) in [4.78, 5) is 18.6. The molecule has 0 aromatic heterocycles. The Morgan fingerprint density at radius 1 is 1.16 bits per heavy atom. The molecular weight excluding hydrogens is 570 g/mol. The minimum atomic E-state index is -1.30. The smallest absolute Gasteiger partial charge is 0.266 e. The van der Waals surface area contributed by atoms with Gasteiger partial charge >= 0.3 is 0 Å². The molecule has 1 aliphatic heterocycles. The number of hydrogen-bond donors (Lipinski definition) is 3. The third-order valence-corrected chi connectivity index (χ3v) is 6.99. The molecule has 38 heavy (non-hydrogen) atoms. The second-order valence-electron chi connectivity index (χ2n) is 8.73. The lowest BCUT2D eigenvalue weighted by atomic mass is 9.84. The Labute approximate surface area is 235 Å². The van der Waals surface area contributed by atoms with Crippen LogP contribution in [0.1, 0.15) is 35.6 Å². The predicted molar refractivity (Wildman–Crippen MR) is 152 cm³/mol. The summed E-state index contributed by atoms with van der Waals surface area (Å²) in [5.74, 6) is 0.670. The van der Waals surface area contributed by atoms with Gasteiger partial charge in [-0.25, -0.2) is 10.4 Å². The number of halogens is 2. The van der Waals surface area contributed by atoms with Crippen LogP contribution in [0.5, 0.6) is 5.75 Å². The highest BCUT2D eigenvalue weighted by Crippen LogP contribution is 2.43. The molecule has 1 aliphatic rings. The van der Waals surface area contributed by atoms with Crippen LogP contribution in [-0.4, -0.2) is 35.7 Å². The SMILES string of the molecule is C=CC[C@]1(C(=O)NNCc2ccccc2Cl)N=C(c2ccc(OCCCO)cc2)O[C@H]1c1ccc(Br)cc1. The molecule has 0 saturated carbocycles. The topological polar surface area (TPSA) is 92.2 Å². The Bertz CT molecular complexity index is 1280. The molecule has 1 amide bonds. The molecule has 7 nitrogen and oxygen atoms in total. The van der Waals surface area contributed by atoms with Crippen molar-refractivity contribution >= 4 is 39.3 Å².